The largest absolute Gasteiger partial charge is 0.494 e. The van der Waals surface area contributed by atoms with Gasteiger partial charge in [0, 0.05) is 17.5 Å². The molecule has 3 heteroatoms. The molecular formula is C13H19NO2. The van der Waals surface area contributed by atoms with Crippen molar-refractivity contribution in [2.45, 2.75) is 26.8 Å². The molecule has 0 saturated carbocycles. The Labute approximate surface area is 96.6 Å². The highest BCUT2D eigenvalue weighted by Crippen LogP contribution is 2.16. The summed E-state index contributed by atoms with van der Waals surface area (Å²) in [5.41, 5.74) is 6.39. The Balaban J connectivity index is 2.77. The van der Waals surface area contributed by atoms with Gasteiger partial charge in [-0.1, -0.05) is 6.92 Å². The highest BCUT2D eigenvalue weighted by Gasteiger charge is 2.18. The Morgan fingerprint density at radius 3 is 2.31 bits per heavy atom. The van der Waals surface area contributed by atoms with Gasteiger partial charge in [0.2, 0.25) is 0 Å². The van der Waals surface area contributed by atoms with Gasteiger partial charge in [0.15, 0.2) is 5.78 Å². The quantitative estimate of drug-likeness (QED) is 0.776. The first-order chi connectivity index (χ1) is 7.56. The highest BCUT2D eigenvalue weighted by molar-refractivity contribution is 5.98. The molecule has 1 aromatic rings. The van der Waals surface area contributed by atoms with Gasteiger partial charge >= 0.3 is 0 Å². The van der Waals surface area contributed by atoms with Crippen LogP contribution in [0, 0.1) is 5.92 Å². The second-order valence-electron chi connectivity index (χ2n) is 3.97. The standard InChI is InChI=1S/C13H19NO2/c1-4-16-12-7-5-11(6-8-12)13(15)9(2)10(3)14/h5-10H,4,14H2,1-3H3. The van der Waals surface area contributed by atoms with Gasteiger partial charge in [-0.05, 0) is 38.1 Å². The third-order valence-corrected chi connectivity index (χ3v) is 2.65. The van der Waals surface area contributed by atoms with E-state index in [0.29, 0.717) is 12.2 Å². The van der Waals surface area contributed by atoms with E-state index in [2.05, 4.69) is 0 Å². The van der Waals surface area contributed by atoms with Crippen molar-refractivity contribution >= 4 is 5.78 Å². The van der Waals surface area contributed by atoms with Gasteiger partial charge in [0.05, 0.1) is 6.61 Å². The average Bonchev–Trinajstić information content (AvgIpc) is 2.28. The van der Waals surface area contributed by atoms with Gasteiger partial charge in [-0.2, -0.15) is 0 Å². The molecule has 16 heavy (non-hydrogen) atoms. The van der Waals surface area contributed by atoms with Crippen LogP contribution >= 0.6 is 0 Å². The molecule has 0 bridgehead atoms. The molecule has 2 atom stereocenters. The number of rotatable bonds is 5. The fourth-order valence-corrected chi connectivity index (χ4v) is 1.38. The van der Waals surface area contributed by atoms with E-state index in [1.807, 2.05) is 32.9 Å². The van der Waals surface area contributed by atoms with Crippen molar-refractivity contribution in [3.63, 3.8) is 0 Å². The second-order valence-corrected chi connectivity index (χ2v) is 3.97. The fourth-order valence-electron chi connectivity index (χ4n) is 1.38. The number of Topliss-reactive ketones (excluding diaryl/α,β-unsaturated/α-hetero) is 1. The maximum atomic E-state index is 11.9. The number of carbonyl (C=O) groups is 1. The summed E-state index contributed by atoms with van der Waals surface area (Å²) >= 11 is 0. The first kappa shape index (κ1) is 12.7. The lowest BCUT2D eigenvalue weighted by atomic mass is 9.94. The van der Waals surface area contributed by atoms with E-state index in [-0.39, 0.29) is 17.7 Å². The van der Waals surface area contributed by atoms with Crippen LogP contribution in [0.4, 0.5) is 0 Å². The molecule has 0 fully saturated rings. The first-order valence-corrected chi connectivity index (χ1v) is 5.59. The summed E-state index contributed by atoms with van der Waals surface area (Å²) in [6, 6.07) is 7.06. The maximum Gasteiger partial charge on any atom is 0.167 e. The fraction of sp³-hybridized carbons (Fsp3) is 0.462. The van der Waals surface area contributed by atoms with Crippen molar-refractivity contribution in [3.8, 4) is 5.75 Å². The Morgan fingerprint density at radius 1 is 1.31 bits per heavy atom. The van der Waals surface area contributed by atoms with Crippen molar-refractivity contribution in [2.75, 3.05) is 6.61 Å². The lowest BCUT2D eigenvalue weighted by molar-refractivity contribution is 0.0917. The molecule has 88 valence electrons. The summed E-state index contributed by atoms with van der Waals surface area (Å²) in [6.45, 7) is 6.25. The van der Waals surface area contributed by atoms with E-state index < -0.39 is 0 Å². The number of hydrogen-bond donors (Lipinski definition) is 1. The summed E-state index contributed by atoms with van der Waals surface area (Å²) < 4.78 is 5.31. The zero-order valence-electron chi connectivity index (χ0n) is 10.1. The minimum Gasteiger partial charge on any atom is -0.494 e. The SMILES string of the molecule is CCOc1ccc(C(=O)C(C)C(C)N)cc1. The molecule has 0 radical (unpaired) electrons. The minimum absolute atomic E-state index is 0.0815. The summed E-state index contributed by atoms with van der Waals surface area (Å²) in [5, 5.41) is 0. The molecule has 3 nitrogen and oxygen atoms in total. The molecular weight excluding hydrogens is 202 g/mol. The zero-order valence-corrected chi connectivity index (χ0v) is 10.1. The topological polar surface area (TPSA) is 52.3 Å². The van der Waals surface area contributed by atoms with Crippen molar-refractivity contribution in [1.82, 2.24) is 0 Å². The molecule has 1 rings (SSSR count). The number of nitrogens with two attached hydrogens (primary N) is 1. The molecule has 0 aromatic heterocycles. The Kier molecular flexibility index (Phi) is 4.50. The van der Waals surface area contributed by atoms with Gasteiger partial charge < -0.3 is 10.5 Å². The highest BCUT2D eigenvalue weighted by atomic mass is 16.5. The summed E-state index contributed by atoms with van der Waals surface area (Å²) in [5.74, 6) is 0.712. The number of hydrogen-bond acceptors (Lipinski definition) is 3. The van der Waals surface area contributed by atoms with Crippen LogP contribution in [0.2, 0.25) is 0 Å². The molecule has 0 amide bonds. The van der Waals surface area contributed by atoms with Crippen molar-refractivity contribution < 1.29 is 9.53 Å². The molecule has 0 heterocycles. The van der Waals surface area contributed by atoms with Crippen molar-refractivity contribution in [3.05, 3.63) is 29.8 Å². The van der Waals surface area contributed by atoms with Crippen LogP contribution in [0.25, 0.3) is 0 Å². The van der Waals surface area contributed by atoms with Gasteiger partial charge in [0.1, 0.15) is 5.75 Å². The summed E-state index contributed by atoms with van der Waals surface area (Å²) in [4.78, 5) is 11.9. The summed E-state index contributed by atoms with van der Waals surface area (Å²) in [7, 11) is 0. The van der Waals surface area contributed by atoms with E-state index in [1.165, 1.54) is 0 Å². The second kappa shape index (κ2) is 5.66. The number of ketones is 1. The number of benzene rings is 1. The van der Waals surface area contributed by atoms with Crippen LogP contribution in [0.1, 0.15) is 31.1 Å². The van der Waals surface area contributed by atoms with Crippen molar-refractivity contribution in [1.29, 1.82) is 0 Å². The normalized spacial score (nSPS) is 14.2. The lowest BCUT2D eigenvalue weighted by Crippen LogP contribution is -2.30. The first-order valence-electron chi connectivity index (χ1n) is 5.59. The molecule has 0 spiro atoms. The van der Waals surface area contributed by atoms with Crippen LogP contribution in [-0.2, 0) is 0 Å². The van der Waals surface area contributed by atoms with E-state index in [9.17, 15) is 4.79 Å². The van der Waals surface area contributed by atoms with Crippen LogP contribution in [-0.4, -0.2) is 18.4 Å². The van der Waals surface area contributed by atoms with Gasteiger partial charge in [-0.15, -0.1) is 0 Å². The molecule has 0 saturated heterocycles. The predicted octanol–water partition coefficient (Wildman–Crippen LogP) is 2.25. The van der Waals surface area contributed by atoms with E-state index >= 15 is 0 Å². The van der Waals surface area contributed by atoms with Gasteiger partial charge in [-0.25, -0.2) is 0 Å². The molecule has 1 aromatic carbocycles. The van der Waals surface area contributed by atoms with Crippen LogP contribution in [0.5, 0.6) is 5.75 Å². The maximum absolute atomic E-state index is 11.9. The lowest BCUT2D eigenvalue weighted by Gasteiger charge is -2.14. The zero-order chi connectivity index (χ0) is 12.1. The molecule has 0 aliphatic rings. The predicted molar refractivity (Wildman–Crippen MR) is 64.8 cm³/mol. The van der Waals surface area contributed by atoms with Crippen LogP contribution in [0.15, 0.2) is 24.3 Å². The monoisotopic (exact) mass is 221 g/mol. The number of ether oxygens (including phenoxy) is 1. The number of carbonyl (C=O) groups excluding carboxylic acids is 1. The molecule has 2 unspecified atom stereocenters. The molecule has 0 aliphatic carbocycles. The smallest absolute Gasteiger partial charge is 0.167 e. The van der Waals surface area contributed by atoms with Gasteiger partial charge in [0.25, 0.3) is 0 Å². The minimum atomic E-state index is -0.155. The Hall–Kier alpha value is -1.35. The Morgan fingerprint density at radius 2 is 1.88 bits per heavy atom. The third kappa shape index (κ3) is 3.07. The van der Waals surface area contributed by atoms with Crippen LogP contribution in [0.3, 0.4) is 0 Å². The van der Waals surface area contributed by atoms with Gasteiger partial charge in [-0.3, -0.25) is 4.79 Å². The Bertz CT molecular complexity index is 343. The molecule has 0 aliphatic heterocycles. The van der Waals surface area contributed by atoms with E-state index in [4.69, 9.17) is 10.5 Å². The van der Waals surface area contributed by atoms with E-state index in [0.717, 1.165) is 5.75 Å². The van der Waals surface area contributed by atoms with E-state index in [1.54, 1.807) is 12.1 Å². The summed E-state index contributed by atoms with van der Waals surface area (Å²) in [6.07, 6.45) is 0. The van der Waals surface area contributed by atoms with Crippen LogP contribution < -0.4 is 10.5 Å². The average molecular weight is 221 g/mol. The molecule has 2 N–H and O–H groups in total. The van der Waals surface area contributed by atoms with Crippen molar-refractivity contribution in [2.24, 2.45) is 11.7 Å². The third-order valence-electron chi connectivity index (χ3n) is 2.65.